The zero-order valence-electron chi connectivity index (χ0n) is 16.6. The van der Waals surface area contributed by atoms with Crippen LogP contribution in [0.2, 0.25) is 0 Å². The van der Waals surface area contributed by atoms with Crippen LogP contribution < -0.4 is 4.74 Å². The van der Waals surface area contributed by atoms with Crippen LogP contribution in [0.4, 0.5) is 0 Å². The molecular formula is C23H34O4. The van der Waals surface area contributed by atoms with E-state index in [0.717, 1.165) is 12.8 Å². The number of hydrogen-bond acceptors (Lipinski definition) is 3. The third kappa shape index (κ3) is 6.10. The molecule has 1 aromatic rings. The van der Waals surface area contributed by atoms with E-state index in [1.54, 1.807) is 18.2 Å². The van der Waals surface area contributed by atoms with Gasteiger partial charge in [0.05, 0.1) is 6.61 Å². The minimum Gasteiger partial charge on any atom is -0.493 e. The molecule has 4 nitrogen and oxygen atoms in total. The highest BCUT2D eigenvalue weighted by molar-refractivity contribution is 5.84. The predicted octanol–water partition coefficient (Wildman–Crippen LogP) is 5.68. The van der Waals surface area contributed by atoms with Crippen LogP contribution in [0.1, 0.15) is 88.7 Å². The number of unbranched alkanes of at least 4 members (excludes halogenated alkanes) is 9. The molecule has 0 radical (unpaired) electrons. The maximum absolute atomic E-state index is 11.5. The highest BCUT2D eigenvalue weighted by atomic mass is 16.5. The summed E-state index contributed by atoms with van der Waals surface area (Å²) in [7, 11) is 0. The lowest BCUT2D eigenvalue weighted by molar-refractivity contribution is -0.159. The quantitative estimate of drug-likeness (QED) is 0.436. The fourth-order valence-corrected chi connectivity index (χ4v) is 3.63. The normalized spacial score (nSPS) is 18.3. The summed E-state index contributed by atoms with van der Waals surface area (Å²) in [6.07, 6.45) is 16.4. The number of carboxylic acid groups (broad SMARTS) is 1. The van der Waals surface area contributed by atoms with Gasteiger partial charge < -0.3 is 14.9 Å². The van der Waals surface area contributed by atoms with Crippen molar-refractivity contribution in [2.24, 2.45) is 0 Å². The third-order valence-corrected chi connectivity index (χ3v) is 5.32. The largest absolute Gasteiger partial charge is 0.493 e. The Bertz CT molecular complexity index is 623. The summed E-state index contributed by atoms with van der Waals surface area (Å²) in [6, 6.07) is 5.26. The van der Waals surface area contributed by atoms with Crippen molar-refractivity contribution in [3.8, 4) is 5.75 Å². The lowest BCUT2D eigenvalue weighted by Gasteiger charge is -2.28. The average Bonchev–Trinajstić information content (AvgIpc) is 2.66. The van der Waals surface area contributed by atoms with Gasteiger partial charge in [-0.1, -0.05) is 89.0 Å². The van der Waals surface area contributed by atoms with Gasteiger partial charge in [0.25, 0.3) is 0 Å². The van der Waals surface area contributed by atoms with E-state index in [4.69, 9.17) is 4.74 Å². The lowest BCUT2D eigenvalue weighted by atomic mass is 9.82. The fraction of sp³-hybridized carbons (Fsp3) is 0.609. The average molecular weight is 375 g/mol. The number of fused-ring (bicyclic) bond motifs is 1. The zero-order chi connectivity index (χ0) is 19.5. The van der Waals surface area contributed by atoms with E-state index in [9.17, 15) is 15.0 Å². The first-order chi connectivity index (χ1) is 13.1. The zero-order valence-corrected chi connectivity index (χ0v) is 16.6. The third-order valence-electron chi connectivity index (χ3n) is 5.32. The van der Waals surface area contributed by atoms with Gasteiger partial charge in [-0.25, -0.2) is 4.79 Å². The van der Waals surface area contributed by atoms with E-state index >= 15 is 0 Å². The molecule has 2 N–H and O–H groups in total. The first kappa shape index (κ1) is 21.5. The fourth-order valence-electron chi connectivity index (χ4n) is 3.63. The van der Waals surface area contributed by atoms with Crippen LogP contribution in [-0.2, 0) is 10.4 Å². The van der Waals surface area contributed by atoms with E-state index in [-0.39, 0.29) is 6.42 Å². The van der Waals surface area contributed by atoms with Crippen LogP contribution in [0, 0.1) is 0 Å². The van der Waals surface area contributed by atoms with Gasteiger partial charge in [-0.05, 0) is 12.5 Å². The summed E-state index contributed by atoms with van der Waals surface area (Å²) in [5, 5.41) is 19.9. The van der Waals surface area contributed by atoms with E-state index in [2.05, 4.69) is 6.92 Å². The Morgan fingerprint density at radius 3 is 2.30 bits per heavy atom. The van der Waals surface area contributed by atoms with Crippen LogP contribution >= 0.6 is 0 Å². The van der Waals surface area contributed by atoms with Crippen molar-refractivity contribution in [2.75, 3.05) is 6.61 Å². The van der Waals surface area contributed by atoms with Crippen LogP contribution in [0.25, 0.3) is 6.08 Å². The minimum atomic E-state index is -1.86. The van der Waals surface area contributed by atoms with Gasteiger partial charge in [0.2, 0.25) is 0 Å². The van der Waals surface area contributed by atoms with Gasteiger partial charge in [0.15, 0.2) is 5.60 Å². The molecule has 0 saturated heterocycles. The number of aliphatic hydroxyl groups is 1. The topological polar surface area (TPSA) is 66.8 Å². The lowest BCUT2D eigenvalue weighted by Crippen LogP contribution is -2.37. The summed E-state index contributed by atoms with van der Waals surface area (Å²) in [5.41, 5.74) is -0.764. The molecule has 1 unspecified atom stereocenters. The Kier molecular flexibility index (Phi) is 8.86. The summed E-state index contributed by atoms with van der Waals surface area (Å²) in [6.45, 7) is 2.86. The van der Waals surface area contributed by atoms with Gasteiger partial charge in [-0.3, -0.25) is 0 Å². The second-order valence-electron chi connectivity index (χ2n) is 7.52. The van der Waals surface area contributed by atoms with Crippen molar-refractivity contribution >= 4 is 12.0 Å². The van der Waals surface area contributed by atoms with Crippen LogP contribution in [0.15, 0.2) is 24.3 Å². The molecule has 0 bridgehead atoms. The smallest absolute Gasteiger partial charge is 0.340 e. The molecule has 1 aromatic carbocycles. The van der Waals surface area contributed by atoms with Gasteiger partial charge >= 0.3 is 5.97 Å². The molecule has 2 rings (SSSR count). The van der Waals surface area contributed by atoms with Crippen molar-refractivity contribution in [3.05, 3.63) is 35.4 Å². The monoisotopic (exact) mass is 374 g/mol. The summed E-state index contributed by atoms with van der Waals surface area (Å²) in [5.74, 6) is -0.570. The molecule has 0 fully saturated rings. The number of rotatable bonds is 13. The Balaban J connectivity index is 1.71. The Hall–Kier alpha value is -1.81. The number of hydrogen-bond donors (Lipinski definition) is 2. The molecule has 1 aliphatic rings. The minimum absolute atomic E-state index is 0.0806. The Morgan fingerprint density at radius 1 is 1.04 bits per heavy atom. The number of ether oxygens (including phenoxy) is 1. The molecule has 0 spiro atoms. The highest BCUT2D eigenvalue weighted by Gasteiger charge is 2.40. The van der Waals surface area contributed by atoms with Crippen molar-refractivity contribution in [3.63, 3.8) is 0 Å². The molecular weight excluding hydrogens is 340 g/mol. The summed E-state index contributed by atoms with van der Waals surface area (Å²) >= 11 is 0. The molecule has 0 aliphatic heterocycles. The SMILES string of the molecule is CCCCCCCCCCCCOc1cccc2c1C=CCC2(O)C(=O)O. The maximum atomic E-state index is 11.5. The van der Waals surface area contributed by atoms with Gasteiger partial charge in [0, 0.05) is 17.5 Å². The van der Waals surface area contributed by atoms with Crippen LogP contribution in [-0.4, -0.2) is 22.8 Å². The van der Waals surface area contributed by atoms with Gasteiger partial charge in [-0.2, -0.15) is 0 Å². The van der Waals surface area contributed by atoms with E-state index in [1.165, 1.54) is 51.4 Å². The number of aliphatic carboxylic acids is 1. The van der Waals surface area contributed by atoms with Gasteiger partial charge in [0.1, 0.15) is 5.75 Å². The summed E-state index contributed by atoms with van der Waals surface area (Å²) < 4.78 is 5.89. The van der Waals surface area contributed by atoms with Crippen molar-refractivity contribution in [1.29, 1.82) is 0 Å². The number of carbonyl (C=O) groups is 1. The second kappa shape index (κ2) is 11.1. The standard InChI is InChI=1S/C23H34O4/c1-2-3-4-5-6-7-8-9-10-11-18-27-21-16-12-15-20-19(21)14-13-17-23(20,26)22(24)25/h12-16,26H,2-11,17-18H2,1H3,(H,24,25). The molecule has 0 aromatic heterocycles. The molecule has 4 heteroatoms. The van der Waals surface area contributed by atoms with E-state index in [1.807, 2.05) is 12.1 Å². The molecule has 1 aliphatic carbocycles. The predicted molar refractivity (Wildman–Crippen MR) is 109 cm³/mol. The maximum Gasteiger partial charge on any atom is 0.340 e. The highest BCUT2D eigenvalue weighted by Crippen LogP contribution is 2.38. The first-order valence-electron chi connectivity index (χ1n) is 10.5. The van der Waals surface area contributed by atoms with Crippen LogP contribution in [0.5, 0.6) is 5.75 Å². The van der Waals surface area contributed by atoms with E-state index in [0.29, 0.717) is 23.5 Å². The van der Waals surface area contributed by atoms with Crippen molar-refractivity contribution in [1.82, 2.24) is 0 Å². The summed E-state index contributed by atoms with van der Waals surface area (Å²) in [4.78, 5) is 11.5. The molecule has 0 heterocycles. The van der Waals surface area contributed by atoms with Gasteiger partial charge in [-0.15, -0.1) is 0 Å². The van der Waals surface area contributed by atoms with Crippen molar-refractivity contribution < 1.29 is 19.7 Å². The molecule has 27 heavy (non-hydrogen) atoms. The van der Waals surface area contributed by atoms with Crippen LogP contribution in [0.3, 0.4) is 0 Å². The second-order valence-corrected chi connectivity index (χ2v) is 7.52. The molecule has 150 valence electrons. The number of carboxylic acids is 1. The first-order valence-corrected chi connectivity index (χ1v) is 10.5. The number of benzene rings is 1. The Labute approximate surface area is 163 Å². The molecule has 0 saturated carbocycles. The molecule has 0 amide bonds. The Morgan fingerprint density at radius 2 is 1.67 bits per heavy atom. The van der Waals surface area contributed by atoms with Crippen molar-refractivity contribution in [2.45, 2.75) is 83.2 Å². The molecule has 1 atom stereocenters. The van der Waals surface area contributed by atoms with E-state index < -0.39 is 11.6 Å².